The maximum absolute atomic E-state index is 14.8. The van der Waals surface area contributed by atoms with Crippen LogP contribution < -0.4 is 16.0 Å². The normalized spacial score (nSPS) is 25.4. The second-order valence-electron chi connectivity index (χ2n) is 8.41. The molecule has 1 unspecified atom stereocenters. The average Bonchev–Trinajstić information content (AvgIpc) is 2.99. The Hall–Kier alpha value is -3.30. The fourth-order valence-electron chi connectivity index (χ4n) is 4.64. The average molecular weight is 444 g/mol. The summed E-state index contributed by atoms with van der Waals surface area (Å²) in [5.74, 6) is -3.28. The van der Waals surface area contributed by atoms with E-state index in [-0.39, 0.29) is 47.5 Å². The first-order chi connectivity index (χ1) is 15.3. The van der Waals surface area contributed by atoms with Gasteiger partial charge in [-0.15, -0.1) is 0 Å². The highest BCUT2D eigenvalue weighted by molar-refractivity contribution is 6.23. The summed E-state index contributed by atoms with van der Waals surface area (Å²) in [5, 5.41) is 8.06. The van der Waals surface area contributed by atoms with Crippen molar-refractivity contribution in [3.63, 3.8) is 0 Å². The molecule has 0 radical (unpaired) electrons. The van der Waals surface area contributed by atoms with Crippen LogP contribution in [0.4, 0.5) is 10.1 Å². The molecule has 1 aromatic rings. The van der Waals surface area contributed by atoms with Crippen molar-refractivity contribution in [2.24, 2.45) is 5.92 Å². The number of piperidine rings is 1. The Bertz CT molecular complexity index is 1000. The summed E-state index contributed by atoms with van der Waals surface area (Å²) in [5.41, 5.74) is 0.0405. The van der Waals surface area contributed by atoms with Crippen LogP contribution in [0.5, 0.6) is 0 Å². The fourth-order valence-corrected chi connectivity index (χ4v) is 4.64. The van der Waals surface area contributed by atoms with Gasteiger partial charge in [-0.25, -0.2) is 4.39 Å². The number of fused-ring (bicyclic) bond motifs is 1. The lowest BCUT2D eigenvalue weighted by Crippen LogP contribution is -2.54. The summed E-state index contributed by atoms with van der Waals surface area (Å²) >= 11 is 0. The van der Waals surface area contributed by atoms with Crippen LogP contribution in [0.3, 0.4) is 0 Å². The van der Waals surface area contributed by atoms with Crippen molar-refractivity contribution in [3.8, 4) is 0 Å². The molecule has 1 aliphatic carbocycles. The summed E-state index contributed by atoms with van der Waals surface area (Å²) in [4.78, 5) is 62.0. The van der Waals surface area contributed by atoms with E-state index in [0.29, 0.717) is 32.2 Å². The minimum atomic E-state index is -1.09. The molecule has 2 aliphatic heterocycles. The minimum Gasteiger partial charge on any atom is -0.380 e. The Morgan fingerprint density at radius 2 is 1.72 bits per heavy atom. The molecule has 2 fully saturated rings. The lowest BCUT2D eigenvalue weighted by atomic mass is 9.85. The SMILES string of the molecule is CCNC(=O)C1CCC(Nc2cc3c(cc2F)C(=O)N(C2CCC(=O)NC2=O)C3=O)CC1. The van der Waals surface area contributed by atoms with Crippen LogP contribution in [0.15, 0.2) is 12.1 Å². The van der Waals surface area contributed by atoms with Gasteiger partial charge in [0.2, 0.25) is 17.7 Å². The van der Waals surface area contributed by atoms with Crippen molar-refractivity contribution in [2.45, 2.75) is 57.5 Å². The van der Waals surface area contributed by atoms with Crippen LogP contribution in [0, 0.1) is 11.7 Å². The van der Waals surface area contributed by atoms with Gasteiger partial charge in [0.05, 0.1) is 16.8 Å². The van der Waals surface area contributed by atoms with Crippen molar-refractivity contribution in [1.29, 1.82) is 0 Å². The van der Waals surface area contributed by atoms with Gasteiger partial charge in [0.15, 0.2) is 0 Å². The quantitative estimate of drug-likeness (QED) is 0.589. The van der Waals surface area contributed by atoms with Crippen molar-refractivity contribution in [2.75, 3.05) is 11.9 Å². The number of imide groups is 2. The number of anilines is 1. The molecule has 1 atom stereocenters. The van der Waals surface area contributed by atoms with Gasteiger partial charge in [-0.3, -0.25) is 34.2 Å². The molecule has 2 heterocycles. The van der Waals surface area contributed by atoms with Crippen LogP contribution in [-0.4, -0.2) is 53.1 Å². The zero-order valence-electron chi connectivity index (χ0n) is 17.7. The number of nitrogens with zero attached hydrogens (tertiary/aromatic N) is 1. The summed E-state index contributed by atoms with van der Waals surface area (Å²) in [6.07, 6.45) is 2.76. The fraction of sp³-hybridized carbons (Fsp3) is 0.500. The molecule has 3 N–H and O–H groups in total. The number of benzene rings is 1. The smallest absolute Gasteiger partial charge is 0.262 e. The topological polar surface area (TPSA) is 125 Å². The summed E-state index contributed by atoms with van der Waals surface area (Å²) in [6.45, 7) is 2.45. The molecular weight excluding hydrogens is 419 g/mol. The first-order valence-corrected chi connectivity index (χ1v) is 10.9. The van der Waals surface area contributed by atoms with E-state index in [1.807, 2.05) is 6.92 Å². The Kier molecular flexibility index (Phi) is 5.94. The van der Waals surface area contributed by atoms with Crippen molar-refractivity contribution in [1.82, 2.24) is 15.5 Å². The Balaban J connectivity index is 1.48. The number of rotatable bonds is 5. The van der Waals surface area contributed by atoms with Crippen molar-refractivity contribution < 1.29 is 28.4 Å². The van der Waals surface area contributed by atoms with Gasteiger partial charge >= 0.3 is 0 Å². The number of carbonyl (C=O) groups is 5. The first-order valence-electron chi connectivity index (χ1n) is 10.9. The van der Waals surface area contributed by atoms with Gasteiger partial charge in [0.25, 0.3) is 11.8 Å². The van der Waals surface area contributed by atoms with Crippen LogP contribution in [-0.2, 0) is 14.4 Å². The number of amides is 5. The van der Waals surface area contributed by atoms with Gasteiger partial charge in [0.1, 0.15) is 11.9 Å². The van der Waals surface area contributed by atoms with E-state index >= 15 is 0 Å². The predicted octanol–water partition coefficient (Wildman–Crippen LogP) is 1.33. The van der Waals surface area contributed by atoms with Crippen LogP contribution in [0.1, 0.15) is 66.2 Å². The number of hydrogen-bond donors (Lipinski definition) is 3. The van der Waals surface area contributed by atoms with Gasteiger partial charge < -0.3 is 10.6 Å². The summed E-state index contributed by atoms with van der Waals surface area (Å²) < 4.78 is 14.8. The predicted molar refractivity (Wildman–Crippen MR) is 111 cm³/mol. The van der Waals surface area contributed by atoms with Gasteiger partial charge in [0, 0.05) is 24.9 Å². The van der Waals surface area contributed by atoms with Crippen molar-refractivity contribution in [3.05, 3.63) is 29.1 Å². The van der Waals surface area contributed by atoms with E-state index in [1.165, 1.54) is 6.07 Å². The molecule has 9 nitrogen and oxygen atoms in total. The lowest BCUT2D eigenvalue weighted by molar-refractivity contribution is -0.136. The van der Waals surface area contributed by atoms with E-state index in [2.05, 4.69) is 16.0 Å². The molecule has 0 spiro atoms. The second-order valence-corrected chi connectivity index (χ2v) is 8.41. The van der Waals surface area contributed by atoms with E-state index in [1.54, 1.807) is 0 Å². The molecular formula is C22H25FN4O5. The molecule has 0 bridgehead atoms. The molecule has 170 valence electrons. The number of hydrogen-bond acceptors (Lipinski definition) is 6. The summed E-state index contributed by atoms with van der Waals surface area (Å²) in [7, 11) is 0. The largest absolute Gasteiger partial charge is 0.380 e. The Labute approximate surface area is 184 Å². The van der Waals surface area contributed by atoms with Crippen LogP contribution in [0.25, 0.3) is 0 Å². The van der Waals surface area contributed by atoms with Crippen molar-refractivity contribution >= 4 is 35.2 Å². The van der Waals surface area contributed by atoms with Crippen LogP contribution >= 0.6 is 0 Å². The zero-order chi connectivity index (χ0) is 23.0. The monoisotopic (exact) mass is 444 g/mol. The van der Waals surface area contributed by atoms with Gasteiger partial charge in [-0.2, -0.15) is 0 Å². The summed E-state index contributed by atoms with van der Waals surface area (Å²) in [6, 6.07) is 1.17. The number of halogens is 1. The molecule has 3 aliphatic rings. The molecule has 1 aromatic carbocycles. The highest BCUT2D eigenvalue weighted by Gasteiger charge is 2.45. The first kappa shape index (κ1) is 21.9. The molecule has 10 heteroatoms. The third-order valence-electron chi connectivity index (χ3n) is 6.34. The van der Waals surface area contributed by atoms with E-state index in [0.717, 1.165) is 11.0 Å². The second kappa shape index (κ2) is 8.68. The zero-order valence-corrected chi connectivity index (χ0v) is 17.7. The third kappa shape index (κ3) is 3.96. The standard InChI is InChI=1S/C22H25FN4O5/c1-2-24-19(29)11-3-5-12(6-4-11)25-16-10-14-13(9-15(16)23)21(31)27(22(14)32)17-7-8-18(28)26-20(17)30/h9-12,17,25H,2-8H2,1H3,(H,24,29)(H,26,28,30). The van der Waals surface area contributed by atoms with Crippen LogP contribution in [0.2, 0.25) is 0 Å². The molecule has 0 aromatic heterocycles. The molecule has 5 amide bonds. The van der Waals surface area contributed by atoms with E-state index in [4.69, 9.17) is 0 Å². The van der Waals surface area contributed by atoms with E-state index in [9.17, 15) is 28.4 Å². The van der Waals surface area contributed by atoms with Gasteiger partial charge in [-0.1, -0.05) is 0 Å². The number of nitrogens with one attached hydrogen (secondary N) is 3. The number of carbonyl (C=O) groups excluding carboxylic acids is 5. The highest BCUT2D eigenvalue weighted by Crippen LogP contribution is 2.33. The highest BCUT2D eigenvalue weighted by atomic mass is 19.1. The Morgan fingerprint density at radius 3 is 2.34 bits per heavy atom. The minimum absolute atomic E-state index is 0.0178. The molecule has 32 heavy (non-hydrogen) atoms. The van der Waals surface area contributed by atoms with Gasteiger partial charge in [-0.05, 0) is 51.2 Å². The maximum atomic E-state index is 14.8. The molecule has 1 saturated heterocycles. The third-order valence-corrected chi connectivity index (χ3v) is 6.34. The molecule has 4 rings (SSSR count). The maximum Gasteiger partial charge on any atom is 0.262 e. The molecule has 1 saturated carbocycles. The van der Waals surface area contributed by atoms with E-state index < -0.39 is 35.5 Å². The lowest BCUT2D eigenvalue weighted by Gasteiger charge is -2.29. The Morgan fingerprint density at radius 1 is 1.06 bits per heavy atom.